The zero-order chi connectivity index (χ0) is 20.2. The lowest BCUT2D eigenvalue weighted by Gasteiger charge is -2.39. The number of hydrogen-bond acceptors (Lipinski definition) is 8. The standard InChI is InChI=1S/C18H33NO8/c1-12(21)7-3-2-5-9-19-14(22)8-4-6-10-26-18-17(25)16(24)15(23)13(11-20)27-18/h13,15-18,20,23-25H,2-11H2,1H3,(H,19,22)/t13?,15-,16?,17?,18?/m0/s1. The molecule has 158 valence electrons. The van der Waals surface area contributed by atoms with Crippen molar-refractivity contribution in [1.29, 1.82) is 0 Å². The van der Waals surface area contributed by atoms with Crippen molar-refractivity contribution < 1.29 is 39.5 Å². The van der Waals surface area contributed by atoms with Gasteiger partial charge >= 0.3 is 0 Å². The van der Waals surface area contributed by atoms with Crippen LogP contribution in [0.5, 0.6) is 0 Å². The van der Waals surface area contributed by atoms with Crippen molar-refractivity contribution in [3.05, 3.63) is 0 Å². The smallest absolute Gasteiger partial charge is 0.219 e. The van der Waals surface area contributed by atoms with Crippen LogP contribution in [0.25, 0.3) is 0 Å². The SMILES string of the molecule is CC(=O)CCCCCNC(=O)CCCCOC1OC(CO)[C@H](O)C(O)C1O. The van der Waals surface area contributed by atoms with Crippen LogP contribution in [0.3, 0.4) is 0 Å². The summed E-state index contributed by atoms with van der Waals surface area (Å²) in [4.78, 5) is 22.5. The monoisotopic (exact) mass is 391 g/mol. The Kier molecular flexibility index (Phi) is 11.7. The predicted octanol–water partition coefficient (Wildman–Crippen LogP) is -0.761. The van der Waals surface area contributed by atoms with Crippen LogP contribution in [-0.2, 0) is 19.1 Å². The lowest BCUT2D eigenvalue weighted by molar-refractivity contribution is -0.301. The van der Waals surface area contributed by atoms with Crippen LogP contribution in [0.4, 0.5) is 0 Å². The fourth-order valence-corrected chi connectivity index (χ4v) is 2.78. The molecule has 0 aromatic heterocycles. The van der Waals surface area contributed by atoms with Gasteiger partial charge < -0.3 is 40.0 Å². The van der Waals surface area contributed by atoms with Crippen LogP contribution in [0.1, 0.15) is 51.9 Å². The first-order valence-electron chi connectivity index (χ1n) is 9.55. The van der Waals surface area contributed by atoms with Crippen molar-refractivity contribution in [1.82, 2.24) is 5.32 Å². The summed E-state index contributed by atoms with van der Waals surface area (Å²) in [6.07, 6.45) is -1.71. The van der Waals surface area contributed by atoms with Gasteiger partial charge in [-0.2, -0.15) is 0 Å². The molecule has 1 rings (SSSR count). The Morgan fingerprint density at radius 2 is 1.67 bits per heavy atom. The van der Waals surface area contributed by atoms with Gasteiger partial charge in [0.2, 0.25) is 5.91 Å². The van der Waals surface area contributed by atoms with Gasteiger partial charge in [0.15, 0.2) is 6.29 Å². The maximum atomic E-state index is 11.7. The Balaban J connectivity index is 2.07. The van der Waals surface area contributed by atoms with Gasteiger partial charge in [0.25, 0.3) is 0 Å². The second-order valence-corrected chi connectivity index (χ2v) is 6.89. The van der Waals surface area contributed by atoms with Crippen LogP contribution in [0.15, 0.2) is 0 Å². The Morgan fingerprint density at radius 1 is 0.963 bits per heavy atom. The van der Waals surface area contributed by atoms with Gasteiger partial charge in [-0.25, -0.2) is 0 Å². The van der Waals surface area contributed by atoms with Crippen molar-refractivity contribution in [2.24, 2.45) is 0 Å². The Hall–Kier alpha value is -1.10. The van der Waals surface area contributed by atoms with E-state index in [1.807, 2.05) is 0 Å². The van der Waals surface area contributed by atoms with Gasteiger partial charge in [-0.05, 0) is 32.6 Å². The fourth-order valence-electron chi connectivity index (χ4n) is 2.78. The molecule has 9 heteroatoms. The van der Waals surface area contributed by atoms with Crippen LogP contribution < -0.4 is 5.32 Å². The zero-order valence-corrected chi connectivity index (χ0v) is 15.9. The van der Waals surface area contributed by atoms with Crippen molar-refractivity contribution in [3.63, 3.8) is 0 Å². The average Bonchev–Trinajstić information content (AvgIpc) is 2.63. The minimum Gasteiger partial charge on any atom is -0.394 e. The molecule has 1 amide bonds. The van der Waals surface area contributed by atoms with Crippen molar-refractivity contribution in [2.45, 2.75) is 82.6 Å². The van der Waals surface area contributed by atoms with E-state index in [1.165, 1.54) is 0 Å². The topological polar surface area (TPSA) is 146 Å². The molecule has 1 saturated heterocycles. The second kappa shape index (κ2) is 13.1. The summed E-state index contributed by atoms with van der Waals surface area (Å²) in [7, 11) is 0. The molecule has 1 fully saturated rings. The summed E-state index contributed by atoms with van der Waals surface area (Å²) in [6, 6.07) is 0. The molecule has 4 unspecified atom stereocenters. The van der Waals surface area contributed by atoms with E-state index in [0.29, 0.717) is 32.2 Å². The molecule has 1 aliphatic heterocycles. The Labute approximate surface area is 159 Å². The molecule has 0 spiro atoms. The minimum absolute atomic E-state index is 0.0468. The van der Waals surface area contributed by atoms with Gasteiger partial charge in [0, 0.05) is 26.0 Å². The number of aliphatic hydroxyl groups excluding tert-OH is 4. The maximum Gasteiger partial charge on any atom is 0.219 e. The zero-order valence-electron chi connectivity index (χ0n) is 15.9. The summed E-state index contributed by atoms with van der Waals surface area (Å²) in [5, 5.41) is 41.1. The normalized spacial score (nSPS) is 28.1. The third-order valence-corrected chi connectivity index (χ3v) is 4.46. The largest absolute Gasteiger partial charge is 0.394 e. The summed E-state index contributed by atoms with van der Waals surface area (Å²) < 4.78 is 10.6. The molecular weight excluding hydrogens is 358 g/mol. The molecule has 0 aliphatic carbocycles. The van der Waals surface area contributed by atoms with Gasteiger partial charge in [-0.15, -0.1) is 0 Å². The Morgan fingerprint density at radius 3 is 2.33 bits per heavy atom. The fraction of sp³-hybridized carbons (Fsp3) is 0.889. The van der Waals surface area contributed by atoms with Gasteiger partial charge in [0.05, 0.1) is 6.61 Å². The second-order valence-electron chi connectivity index (χ2n) is 6.89. The first kappa shape index (κ1) is 23.9. The number of unbranched alkanes of at least 4 members (excludes halogenated alkanes) is 3. The van der Waals surface area contributed by atoms with E-state index in [-0.39, 0.29) is 18.3 Å². The molecule has 0 saturated carbocycles. The minimum atomic E-state index is -1.46. The van der Waals surface area contributed by atoms with E-state index in [2.05, 4.69) is 5.32 Å². The van der Waals surface area contributed by atoms with E-state index in [9.17, 15) is 24.9 Å². The highest BCUT2D eigenvalue weighted by Crippen LogP contribution is 2.22. The molecule has 0 aromatic rings. The summed E-state index contributed by atoms with van der Waals surface area (Å²) >= 11 is 0. The number of amides is 1. The van der Waals surface area contributed by atoms with Crippen LogP contribution in [0, 0.1) is 0 Å². The van der Waals surface area contributed by atoms with Gasteiger partial charge in [-0.1, -0.05) is 6.42 Å². The highest BCUT2D eigenvalue weighted by Gasteiger charge is 2.43. The highest BCUT2D eigenvalue weighted by atomic mass is 16.7. The van der Waals surface area contributed by atoms with Gasteiger partial charge in [0.1, 0.15) is 30.2 Å². The molecule has 0 bridgehead atoms. The number of aliphatic hydroxyl groups is 4. The van der Waals surface area contributed by atoms with E-state index in [1.54, 1.807) is 6.92 Å². The van der Waals surface area contributed by atoms with Crippen molar-refractivity contribution >= 4 is 11.7 Å². The average molecular weight is 391 g/mol. The molecule has 9 nitrogen and oxygen atoms in total. The maximum absolute atomic E-state index is 11.7. The van der Waals surface area contributed by atoms with Gasteiger partial charge in [-0.3, -0.25) is 4.79 Å². The van der Waals surface area contributed by atoms with Crippen LogP contribution in [-0.4, -0.2) is 82.6 Å². The molecular formula is C18H33NO8. The molecule has 0 aromatic carbocycles. The summed E-state index contributed by atoms with van der Waals surface area (Å²) in [5.74, 6) is 0.138. The molecule has 5 atom stereocenters. The third kappa shape index (κ3) is 9.09. The quantitative estimate of drug-likeness (QED) is 0.258. The number of carbonyl (C=O) groups excluding carboxylic acids is 2. The molecule has 1 aliphatic rings. The van der Waals surface area contributed by atoms with E-state index >= 15 is 0 Å². The van der Waals surface area contributed by atoms with E-state index < -0.39 is 37.3 Å². The molecule has 5 N–H and O–H groups in total. The summed E-state index contributed by atoms with van der Waals surface area (Å²) in [5.41, 5.74) is 0. The molecule has 27 heavy (non-hydrogen) atoms. The van der Waals surface area contributed by atoms with E-state index in [0.717, 1.165) is 19.3 Å². The van der Waals surface area contributed by atoms with Crippen molar-refractivity contribution in [3.8, 4) is 0 Å². The van der Waals surface area contributed by atoms with Crippen LogP contribution in [0.2, 0.25) is 0 Å². The first-order chi connectivity index (χ1) is 12.9. The van der Waals surface area contributed by atoms with Crippen LogP contribution >= 0.6 is 0 Å². The molecule has 0 radical (unpaired) electrons. The highest BCUT2D eigenvalue weighted by molar-refractivity contribution is 5.76. The number of nitrogens with one attached hydrogen (secondary N) is 1. The predicted molar refractivity (Wildman–Crippen MR) is 95.7 cm³/mol. The van der Waals surface area contributed by atoms with E-state index in [4.69, 9.17) is 14.6 Å². The number of ether oxygens (including phenoxy) is 2. The first-order valence-corrected chi connectivity index (χ1v) is 9.55. The molecule has 1 heterocycles. The number of hydrogen-bond donors (Lipinski definition) is 5. The lowest BCUT2D eigenvalue weighted by Crippen LogP contribution is -2.59. The summed E-state index contributed by atoms with van der Waals surface area (Å²) in [6.45, 7) is 1.88. The number of Topliss-reactive ketones (excluding diaryl/α,β-unsaturated/α-hetero) is 1. The Bertz CT molecular complexity index is 445. The lowest BCUT2D eigenvalue weighted by atomic mass is 9.99. The number of carbonyl (C=O) groups is 2. The third-order valence-electron chi connectivity index (χ3n) is 4.46. The number of ketones is 1. The number of rotatable bonds is 13. The van der Waals surface area contributed by atoms with Crippen molar-refractivity contribution in [2.75, 3.05) is 19.8 Å².